The molecule has 0 fully saturated rings. The van der Waals surface area contributed by atoms with Crippen LogP contribution in [0.5, 0.6) is 0 Å². The zero-order valence-corrected chi connectivity index (χ0v) is 30.0. The lowest BCUT2D eigenvalue weighted by molar-refractivity contribution is 0.673. The molecule has 0 aliphatic rings. The summed E-state index contributed by atoms with van der Waals surface area (Å²) in [7, 11) is 0. The molecule has 6 nitrogen and oxygen atoms in total. The Balaban J connectivity index is 1.13. The minimum atomic E-state index is 0.681. The van der Waals surface area contributed by atoms with Crippen LogP contribution in [0, 0.1) is 0 Å². The van der Waals surface area contributed by atoms with Crippen molar-refractivity contribution in [3.63, 3.8) is 0 Å². The first-order chi connectivity index (χ1) is 27.8. The fourth-order valence-electron chi connectivity index (χ4n) is 8.66. The van der Waals surface area contributed by atoms with E-state index < -0.39 is 0 Å². The van der Waals surface area contributed by atoms with Crippen LogP contribution in [0.4, 0.5) is 0 Å². The predicted octanol–water partition coefficient (Wildman–Crippen LogP) is 12.7. The van der Waals surface area contributed by atoms with Gasteiger partial charge in [0.1, 0.15) is 11.2 Å². The number of rotatable bonds is 5. The van der Waals surface area contributed by atoms with Gasteiger partial charge in [-0.2, -0.15) is 0 Å². The summed E-state index contributed by atoms with van der Waals surface area (Å²) in [5, 5.41) is 11.9. The van der Waals surface area contributed by atoms with Gasteiger partial charge in [0.05, 0.1) is 44.5 Å². The van der Waals surface area contributed by atoms with Crippen LogP contribution < -0.4 is 0 Å². The van der Waals surface area contributed by atoms with Crippen molar-refractivity contribution in [3.8, 4) is 39.8 Å². The molecule has 12 rings (SSSR count). The minimum absolute atomic E-state index is 0.681. The third-order valence-electron chi connectivity index (χ3n) is 11.1. The molecule has 262 valence electrons. The van der Waals surface area contributed by atoms with E-state index in [0.29, 0.717) is 5.82 Å². The molecule has 0 radical (unpaired) electrons. The summed E-state index contributed by atoms with van der Waals surface area (Å²) in [4.78, 5) is 5.19. The van der Waals surface area contributed by atoms with Gasteiger partial charge in [0, 0.05) is 38.1 Å². The molecule has 12 aromatic rings. The van der Waals surface area contributed by atoms with Crippen molar-refractivity contribution < 1.29 is 4.42 Å². The van der Waals surface area contributed by atoms with E-state index >= 15 is 0 Å². The Morgan fingerprint density at radius 2 is 1.00 bits per heavy atom. The van der Waals surface area contributed by atoms with E-state index in [1.54, 1.807) is 0 Å². The van der Waals surface area contributed by atoms with Crippen LogP contribution in [0.2, 0.25) is 0 Å². The first kappa shape index (κ1) is 30.7. The van der Waals surface area contributed by atoms with Crippen LogP contribution >= 0.6 is 0 Å². The Hall–Kier alpha value is -7.70. The molecule has 0 aliphatic heterocycles. The Morgan fingerprint density at radius 1 is 0.411 bits per heavy atom. The van der Waals surface area contributed by atoms with Crippen LogP contribution in [0.25, 0.3) is 105 Å². The Bertz CT molecular complexity index is 3480. The quantitative estimate of drug-likeness (QED) is 0.178. The van der Waals surface area contributed by atoms with Gasteiger partial charge in [-0.25, -0.2) is 9.67 Å². The van der Waals surface area contributed by atoms with E-state index in [9.17, 15) is 0 Å². The maximum absolute atomic E-state index is 6.64. The van der Waals surface area contributed by atoms with Crippen LogP contribution in [0.15, 0.2) is 192 Å². The highest BCUT2D eigenvalue weighted by Crippen LogP contribution is 2.43. The predicted molar refractivity (Wildman–Crippen MR) is 228 cm³/mol. The molecule has 4 heterocycles. The Kier molecular flexibility index (Phi) is 6.53. The lowest BCUT2D eigenvalue weighted by Gasteiger charge is -2.17. The number of hydrogen-bond donors (Lipinski definition) is 0. The zero-order chi connectivity index (χ0) is 36.7. The number of benzene rings is 8. The molecule has 0 unspecified atom stereocenters. The van der Waals surface area contributed by atoms with Gasteiger partial charge in [0.25, 0.3) is 0 Å². The standard InChI is InChI=1S/C50H31N5O/c1-3-15-32(16-4-1)49-51-50(55(52-49)34-17-5-2-6-18-34)33-27-28-36-35-19-7-10-22-40(35)54(45(36)31-33)43-25-13-12-24-42(43)53-41-23-11-8-21-39(41)47-44(53)30-29-38-37-20-9-14-26-46(37)56-48(38)47/h1-31H. The molecule has 8 aromatic carbocycles. The highest BCUT2D eigenvalue weighted by molar-refractivity contribution is 6.24. The fourth-order valence-corrected chi connectivity index (χ4v) is 8.66. The second-order valence-electron chi connectivity index (χ2n) is 14.2. The van der Waals surface area contributed by atoms with Crippen molar-refractivity contribution in [3.05, 3.63) is 188 Å². The number of para-hydroxylation sites is 6. The number of furan rings is 1. The zero-order valence-electron chi connectivity index (χ0n) is 30.0. The van der Waals surface area contributed by atoms with Gasteiger partial charge in [0.15, 0.2) is 11.6 Å². The van der Waals surface area contributed by atoms with E-state index in [0.717, 1.165) is 88.8 Å². The molecule has 0 amide bonds. The SMILES string of the molecule is c1ccc(-c2nc(-c3ccc4c5ccccc5n(-c5ccccc5-n5c6ccccc6c6c7oc8ccccc8c7ccc65)c4c3)n(-c3ccccc3)n2)cc1. The van der Waals surface area contributed by atoms with Gasteiger partial charge >= 0.3 is 0 Å². The maximum atomic E-state index is 6.64. The molecule has 0 saturated carbocycles. The fraction of sp³-hybridized carbons (Fsp3) is 0. The Morgan fingerprint density at radius 3 is 1.79 bits per heavy atom. The molecule has 0 saturated heterocycles. The summed E-state index contributed by atoms with van der Waals surface area (Å²) < 4.78 is 13.4. The van der Waals surface area contributed by atoms with Crippen molar-refractivity contribution in [2.75, 3.05) is 0 Å². The summed E-state index contributed by atoms with van der Waals surface area (Å²) in [6, 6.07) is 65.9. The minimum Gasteiger partial charge on any atom is -0.455 e. The summed E-state index contributed by atoms with van der Waals surface area (Å²) in [6.07, 6.45) is 0. The maximum Gasteiger partial charge on any atom is 0.182 e. The monoisotopic (exact) mass is 717 g/mol. The smallest absolute Gasteiger partial charge is 0.182 e. The molecule has 56 heavy (non-hydrogen) atoms. The van der Waals surface area contributed by atoms with Crippen LogP contribution in [0.1, 0.15) is 0 Å². The molecule has 0 spiro atoms. The third-order valence-corrected chi connectivity index (χ3v) is 11.1. The van der Waals surface area contributed by atoms with E-state index in [1.807, 2.05) is 47.1 Å². The van der Waals surface area contributed by atoms with Crippen molar-refractivity contribution in [2.24, 2.45) is 0 Å². The molecule has 6 heteroatoms. The lowest BCUT2D eigenvalue weighted by atomic mass is 10.1. The van der Waals surface area contributed by atoms with Gasteiger partial charge in [-0.3, -0.25) is 0 Å². The highest BCUT2D eigenvalue weighted by atomic mass is 16.3. The second kappa shape index (κ2) is 11.9. The first-order valence-electron chi connectivity index (χ1n) is 18.8. The van der Waals surface area contributed by atoms with Gasteiger partial charge < -0.3 is 13.6 Å². The summed E-state index contributed by atoms with van der Waals surface area (Å²) >= 11 is 0. The lowest BCUT2D eigenvalue weighted by Crippen LogP contribution is -2.03. The number of hydrogen-bond acceptors (Lipinski definition) is 3. The largest absolute Gasteiger partial charge is 0.455 e. The molecule has 0 bridgehead atoms. The molecule has 0 N–H and O–H groups in total. The summed E-state index contributed by atoms with van der Waals surface area (Å²) in [5.41, 5.74) is 11.3. The second-order valence-corrected chi connectivity index (χ2v) is 14.2. The van der Waals surface area contributed by atoms with Crippen LogP contribution in [0.3, 0.4) is 0 Å². The third kappa shape index (κ3) is 4.44. The van der Waals surface area contributed by atoms with E-state index in [1.165, 1.54) is 10.8 Å². The van der Waals surface area contributed by atoms with Gasteiger partial charge in [0.2, 0.25) is 0 Å². The number of aromatic nitrogens is 5. The highest BCUT2D eigenvalue weighted by Gasteiger charge is 2.23. The average Bonchev–Trinajstić information content (AvgIpc) is 4.04. The van der Waals surface area contributed by atoms with Crippen LogP contribution in [-0.4, -0.2) is 23.9 Å². The van der Waals surface area contributed by atoms with E-state index in [4.69, 9.17) is 14.5 Å². The number of nitrogens with zero attached hydrogens (tertiary/aromatic N) is 5. The van der Waals surface area contributed by atoms with E-state index in [2.05, 4.69) is 155 Å². The molecule has 4 aromatic heterocycles. The summed E-state index contributed by atoms with van der Waals surface area (Å²) in [6.45, 7) is 0. The van der Waals surface area contributed by atoms with E-state index in [-0.39, 0.29) is 0 Å². The topological polar surface area (TPSA) is 53.7 Å². The van der Waals surface area contributed by atoms with Gasteiger partial charge in [-0.05, 0) is 60.7 Å². The summed E-state index contributed by atoms with van der Waals surface area (Å²) in [5.74, 6) is 1.46. The number of fused-ring (bicyclic) bond motifs is 10. The molecular weight excluding hydrogens is 687 g/mol. The molecule has 0 atom stereocenters. The van der Waals surface area contributed by atoms with Gasteiger partial charge in [-0.15, -0.1) is 5.10 Å². The Labute approximate surface area is 320 Å². The normalized spacial score (nSPS) is 11.9. The van der Waals surface area contributed by atoms with Crippen molar-refractivity contribution in [1.82, 2.24) is 23.9 Å². The van der Waals surface area contributed by atoms with Crippen molar-refractivity contribution in [1.29, 1.82) is 0 Å². The van der Waals surface area contributed by atoms with Gasteiger partial charge in [-0.1, -0.05) is 127 Å². The van der Waals surface area contributed by atoms with Crippen LogP contribution in [-0.2, 0) is 0 Å². The first-order valence-corrected chi connectivity index (χ1v) is 18.8. The average molecular weight is 718 g/mol. The van der Waals surface area contributed by atoms with Crippen molar-refractivity contribution >= 4 is 65.6 Å². The molecular formula is C50H31N5O. The molecule has 0 aliphatic carbocycles. The van der Waals surface area contributed by atoms with Crippen molar-refractivity contribution in [2.45, 2.75) is 0 Å².